The van der Waals surface area contributed by atoms with Crippen molar-refractivity contribution in [2.45, 2.75) is 453 Å². The van der Waals surface area contributed by atoms with Crippen molar-refractivity contribution < 1.29 is 80.2 Å². The largest absolute Gasteiger partial charge is 0.472 e. The summed E-state index contributed by atoms with van der Waals surface area (Å²) >= 11 is 0. The number of unbranched alkanes of at least 4 members (excludes halogenated alkanes) is 47. The van der Waals surface area contributed by atoms with Crippen LogP contribution in [0.5, 0.6) is 0 Å². The van der Waals surface area contributed by atoms with Gasteiger partial charge in [-0.25, -0.2) is 9.13 Å². The third kappa shape index (κ3) is 78.0. The zero-order chi connectivity index (χ0) is 76.0. The second kappa shape index (κ2) is 72.9. The summed E-state index contributed by atoms with van der Waals surface area (Å²) in [5.41, 5.74) is 0. The molecule has 0 aliphatic rings. The summed E-state index contributed by atoms with van der Waals surface area (Å²) in [4.78, 5) is 73.1. The highest BCUT2D eigenvalue weighted by Gasteiger charge is 2.30. The second-order valence-corrected chi connectivity index (χ2v) is 35.0. The average molecular weight is 1510 g/mol. The van der Waals surface area contributed by atoms with Crippen LogP contribution in [-0.2, 0) is 65.4 Å². The van der Waals surface area contributed by atoms with E-state index in [2.05, 4.69) is 55.4 Å². The predicted octanol–water partition coefficient (Wildman–Crippen LogP) is 25.2. The highest BCUT2D eigenvalue weighted by molar-refractivity contribution is 7.47. The molecule has 0 rings (SSSR count). The van der Waals surface area contributed by atoms with Gasteiger partial charge in [-0.3, -0.25) is 37.3 Å². The van der Waals surface area contributed by atoms with Crippen LogP contribution in [0.2, 0.25) is 0 Å². The molecule has 0 aromatic carbocycles. The van der Waals surface area contributed by atoms with Crippen molar-refractivity contribution in [1.82, 2.24) is 0 Å². The fourth-order valence-corrected chi connectivity index (χ4v) is 14.5. The van der Waals surface area contributed by atoms with E-state index in [0.717, 1.165) is 114 Å². The van der Waals surface area contributed by atoms with Crippen molar-refractivity contribution in [2.75, 3.05) is 39.6 Å². The first kappa shape index (κ1) is 101. The molecule has 0 heterocycles. The number of phosphoric acid groups is 2. The quantitative estimate of drug-likeness (QED) is 0.0222. The summed E-state index contributed by atoms with van der Waals surface area (Å²) in [6.07, 6.45) is 61.2. The van der Waals surface area contributed by atoms with Gasteiger partial charge in [-0.2, -0.15) is 0 Å². The topological polar surface area (TPSA) is 237 Å². The number of hydrogen-bond donors (Lipinski definition) is 3. The molecule has 3 unspecified atom stereocenters. The maximum atomic E-state index is 13.1. The summed E-state index contributed by atoms with van der Waals surface area (Å²) in [6.45, 7) is 14.3. The lowest BCUT2D eigenvalue weighted by Gasteiger charge is -2.21. The number of carbonyl (C=O) groups is 4. The minimum absolute atomic E-state index is 0.107. The fraction of sp³-hybridized carbons (Fsp3) is 0.952. The van der Waals surface area contributed by atoms with Gasteiger partial charge in [0.05, 0.1) is 26.4 Å². The van der Waals surface area contributed by atoms with Crippen molar-refractivity contribution >= 4 is 39.5 Å². The van der Waals surface area contributed by atoms with E-state index in [1.807, 2.05) is 0 Å². The van der Waals surface area contributed by atoms with Gasteiger partial charge in [-0.1, -0.05) is 383 Å². The summed E-state index contributed by atoms with van der Waals surface area (Å²) in [6, 6.07) is 0. The first-order valence-electron chi connectivity index (χ1n) is 43.2. The smallest absolute Gasteiger partial charge is 0.462 e. The molecule has 0 aliphatic heterocycles. The van der Waals surface area contributed by atoms with Gasteiger partial charge >= 0.3 is 39.5 Å². The van der Waals surface area contributed by atoms with Crippen molar-refractivity contribution in [3.8, 4) is 0 Å². The molecule has 103 heavy (non-hydrogen) atoms. The second-order valence-electron chi connectivity index (χ2n) is 32.1. The van der Waals surface area contributed by atoms with Crippen molar-refractivity contribution in [1.29, 1.82) is 0 Å². The molecule has 0 aliphatic carbocycles. The molecule has 19 heteroatoms. The number of esters is 4. The number of rotatable bonds is 81. The van der Waals surface area contributed by atoms with Crippen LogP contribution < -0.4 is 0 Å². The zero-order valence-corrected chi connectivity index (χ0v) is 69.7. The Morgan fingerprint density at radius 1 is 0.243 bits per heavy atom. The molecule has 0 amide bonds. The molecular weight excluding hydrogens is 1340 g/mol. The molecule has 3 N–H and O–H groups in total. The van der Waals surface area contributed by atoms with Gasteiger partial charge in [0.15, 0.2) is 12.2 Å². The lowest BCUT2D eigenvalue weighted by Crippen LogP contribution is -2.30. The van der Waals surface area contributed by atoms with E-state index in [4.69, 9.17) is 37.0 Å². The molecule has 612 valence electrons. The minimum Gasteiger partial charge on any atom is -0.462 e. The van der Waals surface area contributed by atoms with Gasteiger partial charge in [-0.05, 0) is 49.4 Å². The molecule has 5 atom stereocenters. The van der Waals surface area contributed by atoms with E-state index in [-0.39, 0.29) is 25.7 Å². The SMILES string of the molecule is CC(C)CCCCCCCCCCCCCCCCCCCCC(=O)O[C@H](COC(=O)CCCCCCCCCC(C)C)COP(=O)(O)OCC(O)COP(=O)(O)OC[C@@H](COC(=O)CCCCCCCCCCCCCCC(C)C)OC(=O)CCCCCCCCCCCCCCCCC(C)C. The third-order valence-electron chi connectivity index (χ3n) is 19.6. The van der Waals surface area contributed by atoms with Gasteiger partial charge in [0.1, 0.15) is 19.3 Å². The minimum atomic E-state index is -4.96. The summed E-state index contributed by atoms with van der Waals surface area (Å²) in [7, 11) is -9.93. The normalized spacial score (nSPS) is 14.0. The molecular formula is C84H164O17P2. The van der Waals surface area contributed by atoms with Crippen LogP contribution in [0.3, 0.4) is 0 Å². The third-order valence-corrected chi connectivity index (χ3v) is 21.5. The van der Waals surface area contributed by atoms with E-state index in [1.165, 1.54) is 231 Å². The van der Waals surface area contributed by atoms with Gasteiger partial charge in [0.25, 0.3) is 0 Å². The van der Waals surface area contributed by atoms with E-state index in [1.54, 1.807) is 0 Å². The molecule has 0 spiro atoms. The number of hydrogen-bond acceptors (Lipinski definition) is 15. The molecule has 17 nitrogen and oxygen atoms in total. The highest BCUT2D eigenvalue weighted by atomic mass is 31.2. The molecule has 0 aromatic rings. The van der Waals surface area contributed by atoms with Crippen LogP contribution in [0, 0.1) is 23.7 Å². The molecule has 0 aromatic heterocycles. The van der Waals surface area contributed by atoms with E-state index in [0.29, 0.717) is 31.6 Å². The summed E-state index contributed by atoms with van der Waals surface area (Å²) in [5.74, 6) is 0.991. The Morgan fingerprint density at radius 3 is 0.602 bits per heavy atom. The molecule has 0 radical (unpaired) electrons. The highest BCUT2D eigenvalue weighted by Crippen LogP contribution is 2.45. The molecule has 0 saturated carbocycles. The number of aliphatic hydroxyl groups is 1. The average Bonchev–Trinajstić information content (AvgIpc) is 0.908. The maximum absolute atomic E-state index is 13.1. The van der Waals surface area contributed by atoms with Crippen LogP contribution >= 0.6 is 15.6 Å². The summed E-state index contributed by atoms with van der Waals surface area (Å²) in [5, 5.41) is 10.7. The monoisotopic (exact) mass is 1510 g/mol. The Morgan fingerprint density at radius 2 is 0.408 bits per heavy atom. The van der Waals surface area contributed by atoms with E-state index < -0.39 is 97.5 Å². The van der Waals surface area contributed by atoms with Gasteiger partial charge in [0, 0.05) is 25.7 Å². The Bertz CT molecular complexity index is 2010. The fourth-order valence-electron chi connectivity index (χ4n) is 13.0. The number of aliphatic hydroxyl groups excluding tert-OH is 1. The Kier molecular flexibility index (Phi) is 71.5. The zero-order valence-electron chi connectivity index (χ0n) is 68.0. The Labute approximate surface area is 632 Å². The van der Waals surface area contributed by atoms with Crippen LogP contribution in [0.15, 0.2) is 0 Å². The maximum Gasteiger partial charge on any atom is 0.472 e. The van der Waals surface area contributed by atoms with Gasteiger partial charge < -0.3 is 33.8 Å². The van der Waals surface area contributed by atoms with Gasteiger partial charge in [0.2, 0.25) is 0 Å². The number of ether oxygens (including phenoxy) is 4. The van der Waals surface area contributed by atoms with Crippen molar-refractivity contribution in [3.63, 3.8) is 0 Å². The standard InChI is InChI=1S/C84H164O17P2/c1-74(2)60-52-44-36-29-23-17-13-11-9-10-12-14-19-27-33-41-50-58-66-84(89)101-80(71-95-82(87)65-57-49-43-35-39-47-55-63-77(7)8)73-99-103(92,93)97-69-78(85)68-96-102(90,91)98-72-79(70-94-81(86)64-56-48-40-32-26-22-21-25-31-38-46-54-62-76(5)6)100-83(88)67-59-51-42-34-28-20-16-15-18-24-30-37-45-53-61-75(3)4/h74-80,85H,9-73H2,1-8H3,(H,90,91)(H,92,93)/t78?,79-,80-/m1/s1. The molecule has 0 saturated heterocycles. The first-order chi connectivity index (χ1) is 49.6. The first-order valence-corrected chi connectivity index (χ1v) is 46.2. The van der Waals surface area contributed by atoms with E-state index >= 15 is 0 Å². The van der Waals surface area contributed by atoms with Gasteiger partial charge in [-0.15, -0.1) is 0 Å². The van der Waals surface area contributed by atoms with Crippen molar-refractivity contribution in [2.24, 2.45) is 23.7 Å². The van der Waals surface area contributed by atoms with Crippen LogP contribution in [0.4, 0.5) is 0 Å². The number of phosphoric ester groups is 2. The van der Waals surface area contributed by atoms with Crippen molar-refractivity contribution in [3.05, 3.63) is 0 Å². The predicted molar refractivity (Wildman–Crippen MR) is 423 cm³/mol. The Balaban J connectivity index is 5.21. The van der Waals surface area contributed by atoms with Crippen LogP contribution in [-0.4, -0.2) is 96.7 Å². The lowest BCUT2D eigenvalue weighted by atomic mass is 10.0. The van der Waals surface area contributed by atoms with Crippen LogP contribution in [0.25, 0.3) is 0 Å². The lowest BCUT2D eigenvalue weighted by molar-refractivity contribution is -0.161. The Hall–Kier alpha value is -1.94. The molecule has 0 bridgehead atoms. The van der Waals surface area contributed by atoms with Crippen LogP contribution in [0.1, 0.15) is 434 Å². The summed E-state index contributed by atoms with van der Waals surface area (Å²) < 4.78 is 68.8. The number of carbonyl (C=O) groups excluding carboxylic acids is 4. The molecule has 0 fully saturated rings. The van der Waals surface area contributed by atoms with E-state index in [9.17, 15) is 43.2 Å².